The standard InChI is InChI=1S/C16H18BrN3O2/c17-14-3-1-2-13(10-14)16(22)20-8-5-12(6-9-20)11-19-15(21)4-7-18/h1-3,10,12H,4-6,8-9,11H2,(H,19,21). The number of carbonyl (C=O) groups excluding carboxylic acids is 2. The number of nitrogens with zero attached hydrogens (tertiary/aromatic N) is 2. The van der Waals surface area contributed by atoms with Gasteiger partial charge >= 0.3 is 0 Å². The Bertz CT molecular complexity index is 589. The third-order valence-electron chi connectivity index (χ3n) is 3.80. The van der Waals surface area contributed by atoms with Gasteiger partial charge in [0.2, 0.25) is 5.91 Å². The molecule has 2 rings (SSSR count). The van der Waals surface area contributed by atoms with Gasteiger partial charge in [-0.05, 0) is 37.0 Å². The summed E-state index contributed by atoms with van der Waals surface area (Å²) >= 11 is 3.38. The lowest BCUT2D eigenvalue weighted by atomic mass is 9.96. The van der Waals surface area contributed by atoms with Crippen LogP contribution in [0.4, 0.5) is 0 Å². The molecule has 1 heterocycles. The van der Waals surface area contributed by atoms with E-state index in [1.807, 2.05) is 35.2 Å². The lowest BCUT2D eigenvalue weighted by Gasteiger charge is -2.32. The van der Waals surface area contributed by atoms with Crippen LogP contribution < -0.4 is 5.32 Å². The maximum Gasteiger partial charge on any atom is 0.253 e. The molecule has 0 unspecified atom stereocenters. The fourth-order valence-corrected chi connectivity index (χ4v) is 2.94. The smallest absolute Gasteiger partial charge is 0.253 e. The number of nitrogens with one attached hydrogen (secondary N) is 1. The summed E-state index contributed by atoms with van der Waals surface area (Å²) in [5, 5.41) is 11.2. The first-order valence-corrected chi connectivity index (χ1v) is 8.08. The fourth-order valence-electron chi connectivity index (χ4n) is 2.54. The van der Waals surface area contributed by atoms with Crippen LogP contribution in [0.2, 0.25) is 0 Å². The Labute approximate surface area is 138 Å². The highest BCUT2D eigenvalue weighted by atomic mass is 79.9. The zero-order chi connectivity index (χ0) is 15.9. The predicted octanol–water partition coefficient (Wildman–Crippen LogP) is 2.33. The van der Waals surface area contributed by atoms with Gasteiger partial charge in [0.05, 0.1) is 6.07 Å². The minimum atomic E-state index is -0.227. The van der Waals surface area contributed by atoms with Crippen molar-refractivity contribution in [2.24, 2.45) is 5.92 Å². The van der Waals surface area contributed by atoms with Crippen LogP contribution in [-0.4, -0.2) is 36.3 Å². The van der Waals surface area contributed by atoms with Gasteiger partial charge in [-0.15, -0.1) is 0 Å². The third kappa shape index (κ3) is 4.57. The van der Waals surface area contributed by atoms with E-state index in [-0.39, 0.29) is 18.2 Å². The molecule has 0 radical (unpaired) electrons. The second-order valence-electron chi connectivity index (χ2n) is 5.38. The number of piperidine rings is 1. The van der Waals surface area contributed by atoms with Gasteiger partial charge in [-0.2, -0.15) is 5.26 Å². The first kappa shape index (κ1) is 16.5. The predicted molar refractivity (Wildman–Crippen MR) is 86.0 cm³/mol. The van der Waals surface area contributed by atoms with E-state index >= 15 is 0 Å². The van der Waals surface area contributed by atoms with Crippen molar-refractivity contribution >= 4 is 27.7 Å². The molecule has 1 aliphatic heterocycles. The minimum absolute atomic E-state index is 0.0493. The summed E-state index contributed by atoms with van der Waals surface area (Å²) in [6, 6.07) is 9.23. The minimum Gasteiger partial charge on any atom is -0.355 e. The highest BCUT2D eigenvalue weighted by molar-refractivity contribution is 9.10. The first-order chi connectivity index (χ1) is 10.6. The molecule has 1 aromatic rings. The van der Waals surface area contributed by atoms with Crippen molar-refractivity contribution < 1.29 is 9.59 Å². The fraction of sp³-hybridized carbons (Fsp3) is 0.438. The Morgan fingerprint density at radius 1 is 1.36 bits per heavy atom. The van der Waals surface area contributed by atoms with Gasteiger partial charge in [-0.1, -0.05) is 22.0 Å². The summed E-state index contributed by atoms with van der Waals surface area (Å²) in [5.74, 6) is 0.192. The number of benzene rings is 1. The van der Waals surface area contributed by atoms with Crippen LogP contribution in [0.15, 0.2) is 28.7 Å². The van der Waals surface area contributed by atoms with Crippen molar-refractivity contribution in [2.75, 3.05) is 19.6 Å². The highest BCUT2D eigenvalue weighted by Crippen LogP contribution is 2.20. The van der Waals surface area contributed by atoms with Gasteiger partial charge in [-0.3, -0.25) is 9.59 Å². The molecule has 5 nitrogen and oxygen atoms in total. The molecule has 6 heteroatoms. The average molecular weight is 364 g/mol. The van der Waals surface area contributed by atoms with Crippen LogP contribution in [0, 0.1) is 17.2 Å². The first-order valence-electron chi connectivity index (χ1n) is 7.28. The molecule has 1 N–H and O–H groups in total. The maximum atomic E-state index is 12.4. The van der Waals surface area contributed by atoms with E-state index in [0.29, 0.717) is 31.1 Å². The third-order valence-corrected chi connectivity index (χ3v) is 4.29. The molecule has 0 saturated carbocycles. The molecule has 1 fully saturated rings. The summed E-state index contributed by atoms with van der Waals surface area (Å²) in [6.45, 7) is 1.98. The van der Waals surface area contributed by atoms with Crippen molar-refractivity contribution in [3.8, 4) is 6.07 Å². The molecule has 22 heavy (non-hydrogen) atoms. The van der Waals surface area contributed by atoms with Crippen LogP contribution in [-0.2, 0) is 4.79 Å². The molecule has 2 amide bonds. The second kappa shape index (κ2) is 7.95. The molecule has 0 spiro atoms. The molecule has 1 aromatic carbocycles. The Balaban J connectivity index is 1.81. The number of likely N-dealkylation sites (tertiary alicyclic amines) is 1. The molecule has 0 aromatic heterocycles. The molecular weight excluding hydrogens is 346 g/mol. The van der Waals surface area contributed by atoms with Gasteiger partial charge in [0, 0.05) is 29.7 Å². The number of hydrogen-bond donors (Lipinski definition) is 1. The zero-order valence-electron chi connectivity index (χ0n) is 12.2. The monoisotopic (exact) mass is 363 g/mol. The van der Waals surface area contributed by atoms with Crippen LogP contribution in [0.1, 0.15) is 29.6 Å². The number of rotatable bonds is 4. The van der Waals surface area contributed by atoms with E-state index in [1.165, 1.54) is 0 Å². The van der Waals surface area contributed by atoms with E-state index in [0.717, 1.165) is 17.3 Å². The quantitative estimate of drug-likeness (QED) is 0.891. The number of halogens is 1. The van der Waals surface area contributed by atoms with Crippen LogP contribution >= 0.6 is 15.9 Å². The highest BCUT2D eigenvalue weighted by Gasteiger charge is 2.23. The summed E-state index contributed by atoms with van der Waals surface area (Å²) < 4.78 is 0.897. The Kier molecular flexibility index (Phi) is 5.96. The Morgan fingerprint density at radius 2 is 2.09 bits per heavy atom. The number of hydrogen-bond acceptors (Lipinski definition) is 3. The molecule has 0 bridgehead atoms. The van der Waals surface area contributed by atoms with E-state index < -0.39 is 0 Å². The maximum absolute atomic E-state index is 12.4. The van der Waals surface area contributed by atoms with E-state index in [9.17, 15) is 9.59 Å². The lowest BCUT2D eigenvalue weighted by Crippen LogP contribution is -2.41. The summed E-state index contributed by atoms with van der Waals surface area (Å²) in [5.41, 5.74) is 0.690. The molecule has 116 valence electrons. The van der Waals surface area contributed by atoms with Crippen molar-refractivity contribution in [2.45, 2.75) is 19.3 Å². The van der Waals surface area contributed by atoms with Crippen molar-refractivity contribution in [3.63, 3.8) is 0 Å². The number of carbonyl (C=O) groups is 2. The Morgan fingerprint density at radius 3 is 2.73 bits per heavy atom. The van der Waals surface area contributed by atoms with E-state index in [2.05, 4.69) is 21.2 Å². The number of nitriles is 1. The number of amides is 2. The van der Waals surface area contributed by atoms with Gasteiger partial charge in [-0.25, -0.2) is 0 Å². The SMILES string of the molecule is N#CCC(=O)NCC1CCN(C(=O)c2cccc(Br)c2)CC1. The molecule has 1 saturated heterocycles. The van der Waals surface area contributed by atoms with Crippen LogP contribution in [0.25, 0.3) is 0 Å². The van der Waals surface area contributed by atoms with Crippen molar-refractivity contribution in [1.29, 1.82) is 5.26 Å². The van der Waals surface area contributed by atoms with Crippen LogP contribution in [0.3, 0.4) is 0 Å². The average Bonchev–Trinajstić information content (AvgIpc) is 2.53. The molecule has 0 aliphatic carbocycles. The van der Waals surface area contributed by atoms with E-state index in [4.69, 9.17) is 5.26 Å². The molecule has 0 atom stereocenters. The largest absolute Gasteiger partial charge is 0.355 e. The van der Waals surface area contributed by atoms with Crippen molar-refractivity contribution in [1.82, 2.24) is 10.2 Å². The molecular formula is C16H18BrN3O2. The van der Waals surface area contributed by atoms with Gasteiger partial charge in [0.25, 0.3) is 5.91 Å². The molecule has 1 aliphatic rings. The van der Waals surface area contributed by atoms with Gasteiger partial charge < -0.3 is 10.2 Å². The van der Waals surface area contributed by atoms with E-state index in [1.54, 1.807) is 0 Å². The van der Waals surface area contributed by atoms with Crippen molar-refractivity contribution in [3.05, 3.63) is 34.3 Å². The van der Waals surface area contributed by atoms with Gasteiger partial charge in [0.15, 0.2) is 0 Å². The summed E-state index contributed by atoms with van der Waals surface area (Å²) in [4.78, 5) is 25.5. The summed E-state index contributed by atoms with van der Waals surface area (Å²) in [7, 11) is 0. The normalized spacial score (nSPS) is 15.2. The van der Waals surface area contributed by atoms with Gasteiger partial charge in [0.1, 0.15) is 6.42 Å². The topological polar surface area (TPSA) is 73.2 Å². The Hall–Kier alpha value is -1.87. The second-order valence-corrected chi connectivity index (χ2v) is 6.30. The zero-order valence-corrected chi connectivity index (χ0v) is 13.8. The lowest BCUT2D eigenvalue weighted by molar-refractivity contribution is -0.120. The summed E-state index contributed by atoms with van der Waals surface area (Å²) in [6.07, 6.45) is 1.64. The van der Waals surface area contributed by atoms with Crippen LogP contribution in [0.5, 0.6) is 0 Å².